The number of likely N-dealkylation sites (tertiary alicyclic amines) is 1. The molecule has 0 aromatic heterocycles. The monoisotopic (exact) mass is 386 g/mol. The highest BCUT2D eigenvalue weighted by atomic mass is 19.1. The van der Waals surface area contributed by atoms with Gasteiger partial charge < -0.3 is 10.2 Å². The number of hydrogen-bond acceptors (Lipinski definition) is 2. The number of halogens is 1. The number of nitrogens with one attached hydrogen (secondary N) is 1. The van der Waals surface area contributed by atoms with Crippen molar-refractivity contribution in [2.75, 3.05) is 13.1 Å². The average molecular weight is 387 g/mol. The van der Waals surface area contributed by atoms with Gasteiger partial charge in [0, 0.05) is 25.6 Å². The van der Waals surface area contributed by atoms with Gasteiger partial charge in [0.15, 0.2) is 0 Å². The third-order valence-electron chi connectivity index (χ3n) is 6.98. The zero-order valence-electron chi connectivity index (χ0n) is 16.6. The van der Waals surface area contributed by atoms with Gasteiger partial charge in [-0.25, -0.2) is 4.39 Å². The van der Waals surface area contributed by atoms with Crippen molar-refractivity contribution in [3.63, 3.8) is 0 Å². The Hall–Kier alpha value is -1.91. The normalized spacial score (nSPS) is 23.8. The Morgan fingerprint density at radius 2 is 1.89 bits per heavy atom. The summed E-state index contributed by atoms with van der Waals surface area (Å²) >= 11 is 0. The molecular formula is C23H31FN2O2. The summed E-state index contributed by atoms with van der Waals surface area (Å²) in [4.78, 5) is 27.0. The highest BCUT2D eigenvalue weighted by Gasteiger charge is 2.47. The summed E-state index contributed by atoms with van der Waals surface area (Å²) in [6, 6.07) is 6.94. The van der Waals surface area contributed by atoms with Crippen LogP contribution in [0.4, 0.5) is 4.39 Å². The minimum atomic E-state index is -0.310. The van der Waals surface area contributed by atoms with Crippen molar-refractivity contribution in [3.8, 4) is 0 Å². The van der Waals surface area contributed by atoms with Crippen LogP contribution in [0.25, 0.3) is 0 Å². The third-order valence-corrected chi connectivity index (χ3v) is 6.98. The number of carbonyl (C=O) groups is 2. The molecule has 1 aromatic rings. The maximum atomic E-state index is 14.0. The predicted molar refractivity (Wildman–Crippen MR) is 106 cm³/mol. The van der Waals surface area contributed by atoms with Gasteiger partial charge in [0.1, 0.15) is 5.82 Å². The molecule has 3 fully saturated rings. The van der Waals surface area contributed by atoms with Gasteiger partial charge in [-0.05, 0) is 55.1 Å². The van der Waals surface area contributed by atoms with Crippen LogP contribution >= 0.6 is 0 Å². The fourth-order valence-corrected chi connectivity index (χ4v) is 5.19. The van der Waals surface area contributed by atoms with E-state index in [1.807, 2.05) is 4.90 Å². The first-order valence-corrected chi connectivity index (χ1v) is 10.9. The van der Waals surface area contributed by atoms with Gasteiger partial charge in [0.2, 0.25) is 11.8 Å². The molecule has 28 heavy (non-hydrogen) atoms. The maximum absolute atomic E-state index is 14.0. The van der Waals surface area contributed by atoms with Crippen LogP contribution in [0.1, 0.15) is 63.4 Å². The molecule has 4 rings (SSSR count). The Labute approximate surface area is 166 Å². The first-order chi connectivity index (χ1) is 13.6. The summed E-state index contributed by atoms with van der Waals surface area (Å²) in [6.45, 7) is 1.49. The highest BCUT2D eigenvalue weighted by molar-refractivity contribution is 5.79. The highest BCUT2D eigenvalue weighted by Crippen LogP contribution is 2.49. The van der Waals surface area contributed by atoms with Gasteiger partial charge in [0.25, 0.3) is 0 Å². The van der Waals surface area contributed by atoms with Crippen molar-refractivity contribution < 1.29 is 14.0 Å². The van der Waals surface area contributed by atoms with Gasteiger partial charge in [-0.3, -0.25) is 9.59 Å². The number of hydrogen-bond donors (Lipinski definition) is 1. The van der Waals surface area contributed by atoms with Crippen LogP contribution in [0, 0.1) is 17.2 Å². The van der Waals surface area contributed by atoms with Crippen LogP contribution in [0.5, 0.6) is 0 Å². The lowest BCUT2D eigenvalue weighted by atomic mass is 9.66. The number of benzene rings is 1. The van der Waals surface area contributed by atoms with Gasteiger partial charge >= 0.3 is 0 Å². The SMILES string of the molecule is O=C(CCC1CN(C(=O)Cc2ccccc2F)CC12CCCCC2)NC1CC1. The van der Waals surface area contributed by atoms with Crippen molar-refractivity contribution >= 4 is 11.8 Å². The summed E-state index contributed by atoms with van der Waals surface area (Å²) in [5.74, 6) is 0.239. The average Bonchev–Trinajstić information content (AvgIpc) is 3.43. The van der Waals surface area contributed by atoms with Crippen LogP contribution in [0.15, 0.2) is 24.3 Å². The molecular weight excluding hydrogens is 355 g/mol. The van der Waals surface area contributed by atoms with Crippen molar-refractivity contribution in [1.82, 2.24) is 10.2 Å². The van der Waals surface area contributed by atoms with E-state index in [-0.39, 0.29) is 29.5 Å². The molecule has 5 heteroatoms. The summed E-state index contributed by atoms with van der Waals surface area (Å²) in [5, 5.41) is 3.08. The van der Waals surface area contributed by atoms with E-state index in [1.165, 1.54) is 25.3 Å². The van der Waals surface area contributed by atoms with E-state index in [9.17, 15) is 14.0 Å². The van der Waals surface area contributed by atoms with Crippen LogP contribution in [-0.2, 0) is 16.0 Å². The second-order valence-corrected chi connectivity index (χ2v) is 9.04. The summed E-state index contributed by atoms with van der Waals surface area (Å²) in [7, 11) is 0. The smallest absolute Gasteiger partial charge is 0.227 e. The van der Waals surface area contributed by atoms with Crippen LogP contribution in [0.3, 0.4) is 0 Å². The zero-order chi connectivity index (χ0) is 19.6. The second-order valence-electron chi connectivity index (χ2n) is 9.04. The standard InChI is InChI=1S/C23H31FN2O2/c24-20-7-3-2-6-17(20)14-22(28)26-15-18(8-11-21(27)25-19-9-10-19)23(16-26)12-4-1-5-13-23/h2-3,6-7,18-19H,1,4-5,8-16H2,(H,25,27). The Kier molecular flexibility index (Phi) is 5.70. The van der Waals surface area contributed by atoms with Crippen molar-refractivity contribution in [2.24, 2.45) is 11.3 Å². The van der Waals surface area contributed by atoms with Crippen molar-refractivity contribution in [2.45, 2.75) is 70.3 Å². The van der Waals surface area contributed by atoms with E-state index < -0.39 is 0 Å². The Morgan fingerprint density at radius 3 is 2.61 bits per heavy atom. The molecule has 1 aromatic carbocycles. The quantitative estimate of drug-likeness (QED) is 0.808. The van der Waals surface area contributed by atoms with Crippen LogP contribution < -0.4 is 5.32 Å². The zero-order valence-corrected chi connectivity index (χ0v) is 16.6. The molecule has 4 nitrogen and oxygen atoms in total. The first kappa shape index (κ1) is 19.4. The molecule has 3 aliphatic rings. The maximum Gasteiger partial charge on any atom is 0.227 e. The third kappa shape index (κ3) is 4.39. The molecule has 1 aliphatic heterocycles. The lowest BCUT2D eigenvalue weighted by molar-refractivity contribution is -0.130. The van der Waals surface area contributed by atoms with E-state index >= 15 is 0 Å². The van der Waals surface area contributed by atoms with Gasteiger partial charge in [0.05, 0.1) is 6.42 Å². The number of amides is 2. The van der Waals surface area contributed by atoms with Crippen molar-refractivity contribution in [3.05, 3.63) is 35.6 Å². The lowest BCUT2D eigenvalue weighted by Gasteiger charge is -2.38. The lowest BCUT2D eigenvalue weighted by Crippen LogP contribution is -2.35. The number of rotatable bonds is 6. The molecule has 1 heterocycles. The molecule has 0 radical (unpaired) electrons. The molecule has 1 spiro atoms. The Bertz CT molecular complexity index is 725. The minimum Gasteiger partial charge on any atom is -0.353 e. The van der Waals surface area contributed by atoms with E-state index in [0.29, 0.717) is 30.5 Å². The molecule has 2 aliphatic carbocycles. The summed E-state index contributed by atoms with van der Waals surface area (Å²) in [5.41, 5.74) is 0.626. The molecule has 1 unspecified atom stereocenters. The topological polar surface area (TPSA) is 49.4 Å². The van der Waals surface area contributed by atoms with Gasteiger partial charge in [-0.15, -0.1) is 0 Å². The van der Waals surface area contributed by atoms with E-state index in [0.717, 1.165) is 38.6 Å². The van der Waals surface area contributed by atoms with E-state index in [4.69, 9.17) is 0 Å². The minimum absolute atomic E-state index is 0.0139. The Balaban J connectivity index is 1.40. The molecule has 2 amide bonds. The van der Waals surface area contributed by atoms with Crippen molar-refractivity contribution in [1.29, 1.82) is 0 Å². The second kappa shape index (κ2) is 8.22. The Morgan fingerprint density at radius 1 is 1.14 bits per heavy atom. The van der Waals surface area contributed by atoms with E-state index in [1.54, 1.807) is 18.2 Å². The summed E-state index contributed by atoms with van der Waals surface area (Å²) < 4.78 is 14.0. The fraction of sp³-hybridized carbons (Fsp3) is 0.652. The predicted octanol–water partition coefficient (Wildman–Crippen LogP) is 3.84. The molecule has 0 bridgehead atoms. The fourth-order valence-electron chi connectivity index (χ4n) is 5.19. The van der Waals surface area contributed by atoms with Gasteiger partial charge in [-0.2, -0.15) is 0 Å². The van der Waals surface area contributed by atoms with Crippen LogP contribution in [-0.4, -0.2) is 35.8 Å². The largest absolute Gasteiger partial charge is 0.353 e. The molecule has 152 valence electrons. The summed E-state index contributed by atoms with van der Waals surface area (Å²) in [6.07, 6.45) is 9.71. The first-order valence-electron chi connectivity index (χ1n) is 10.9. The molecule has 2 saturated carbocycles. The van der Waals surface area contributed by atoms with E-state index in [2.05, 4.69) is 5.32 Å². The number of carbonyl (C=O) groups excluding carboxylic acids is 2. The molecule has 1 saturated heterocycles. The molecule has 1 N–H and O–H groups in total. The van der Waals surface area contributed by atoms with Crippen LogP contribution in [0.2, 0.25) is 0 Å². The number of nitrogens with zero attached hydrogens (tertiary/aromatic N) is 1. The molecule has 1 atom stereocenters. The van der Waals surface area contributed by atoms with Gasteiger partial charge in [-0.1, -0.05) is 37.5 Å².